The van der Waals surface area contributed by atoms with Crippen molar-refractivity contribution >= 4 is 11.6 Å². The molecule has 0 radical (unpaired) electrons. The van der Waals surface area contributed by atoms with Crippen molar-refractivity contribution in [2.75, 3.05) is 7.11 Å². The standard InChI is InChI=1S/C16H21ClN2O/c1-20-9-13-5-14(17)19-15(18-13)16-6-10-2-11(7-16)4-12(3-10)8-16/h5,10-12H,2-4,6-9H2,1H3. The van der Waals surface area contributed by atoms with Gasteiger partial charge in [-0.15, -0.1) is 0 Å². The van der Waals surface area contributed by atoms with Crippen LogP contribution in [0.25, 0.3) is 0 Å². The Bertz CT molecular complexity index is 496. The van der Waals surface area contributed by atoms with E-state index in [2.05, 4.69) is 4.98 Å². The van der Waals surface area contributed by atoms with Gasteiger partial charge in [0.05, 0.1) is 12.3 Å². The Morgan fingerprint density at radius 2 is 1.75 bits per heavy atom. The van der Waals surface area contributed by atoms with E-state index in [0.29, 0.717) is 11.8 Å². The van der Waals surface area contributed by atoms with Crippen molar-refractivity contribution in [3.63, 3.8) is 0 Å². The van der Waals surface area contributed by atoms with Crippen LogP contribution in [0.3, 0.4) is 0 Å². The molecule has 0 aliphatic heterocycles. The van der Waals surface area contributed by atoms with Crippen LogP contribution < -0.4 is 0 Å². The number of aromatic nitrogens is 2. The molecular formula is C16H21ClN2O. The van der Waals surface area contributed by atoms with Crippen molar-refractivity contribution in [1.82, 2.24) is 9.97 Å². The van der Waals surface area contributed by atoms with E-state index in [9.17, 15) is 0 Å². The molecule has 20 heavy (non-hydrogen) atoms. The summed E-state index contributed by atoms with van der Waals surface area (Å²) in [6.07, 6.45) is 8.11. The van der Waals surface area contributed by atoms with Crippen molar-refractivity contribution in [3.8, 4) is 0 Å². The summed E-state index contributed by atoms with van der Waals surface area (Å²) in [5.41, 5.74) is 1.13. The van der Waals surface area contributed by atoms with Crippen LogP contribution >= 0.6 is 11.6 Å². The van der Waals surface area contributed by atoms with Crippen molar-refractivity contribution in [3.05, 3.63) is 22.7 Å². The Kier molecular flexibility index (Phi) is 3.04. The van der Waals surface area contributed by atoms with Crippen molar-refractivity contribution in [2.24, 2.45) is 17.8 Å². The minimum atomic E-state index is 0.210. The maximum absolute atomic E-state index is 6.22. The second-order valence-electron chi connectivity index (χ2n) is 7.14. The fraction of sp³-hybridized carbons (Fsp3) is 0.750. The first-order chi connectivity index (χ1) is 9.67. The number of ether oxygens (including phenoxy) is 1. The van der Waals surface area contributed by atoms with Crippen LogP contribution in [0.4, 0.5) is 0 Å². The Hall–Kier alpha value is -0.670. The maximum atomic E-state index is 6.22. The van der Waals surface area contributed by atoms with Crippen LogP contribution in [0.1, 0.15) is 50.0 Å². The van der Waals surface area contributed by atoms with Gasteiger partial charge in [-0.2, -0.15) is 0 Å². The van der Waals surface area contributed by atoms with Crippen LogP contribution in [0.15, 0.2) is 6.07 Å². The largest absolute Gasteiger partial charge is 0.378 e. The van der Waals surface area contributed by atoms with Crippen molar-refractivity contribution < 1.29 is 4.74 Å². The topological polar surface area (TPSA) is 35.0 Å². The monoisotopic (exact) mass is 292 g/mol. The second-order valence-corrected chi connectivity index (χ2v) is 7.52. The van der Waals surface area contributed by atoms with Crippen LogP contribution in [-0.4, -0.2) is 17.1 Å². The molecule has 5 rings (SSSR count). The minimum absolute atomic E-state index is 0.210. The number of nitrogens with zero attached hydrogens (tertiary/aromatic N) is 2. The molecule has 3 nitrogen and oxygen atoms in total. The molecule has 4 saturated carbocycles. The van der Waals surface area contributed by atoms with Gasteiger partial charge in [0, 0.05) is 12.5 Å². The fourth-order valence-corrected chi connectivity index (χ4v) is 5.51. The molecule has 0 unspecified atom stereocenters. The van der Waals surface area contributed by atoms with Gasteiger partial charge in [-0.3, -0.25) is 0 Å². The number of halogens is 1. The molecule has 0 saturated heterocycles. The lowest BCUT2D eigenvalue weighted by molar-refractivity contribution is -0.00962. The third-order valence-corrected chi connectivity index (χ3v) is 5.75. The summed E-state index contributed by atoms with van der Waals surface area (Å²) in [6, 6.07) is 1.83. The summed E-state index contributed by atoms with van der Waals surface area (Å²) in [5.74, 6) is 3.69. The average Bonchev–Trinajstić information content (AvgIpc) is 2.36. The van der Waals surface area contributed by atoms with Crippen LogP contribution in [0.5, 0.6) is 0 Å². The molecule has 4 heteroatoms. The van der Waals surface area contributed by atoms with E-state index >= 15 is 0 Å². The summed E-state index contributed by atoms with van der Waals surface area (Å²) < 4.78 is 5.21. The third kappa shape index (κ3) is 2.06. The van der Waals surface area contributed by atoms with E-state index in [1.54, 1.807) is 7.11 Å². The smallest absolute Gasteiger partial charge is 0.136 e. The summed E-state index contributed by atoms with van der Waals surface area (Å²) in [7, 11) is 1.69. The zero-order valence-corrected chi connectivity index (χ0v) is 12.7. The quantitative estimate of drug-likeness (QED) is 0.796. The molecule has 1 heterocycles. The first-order valence-corrected chi connectivity index (χ1v) is 8.07. The number of rotatable bonds is 3. The zero-order valence-electron chi connectivity index (χ0n) is 11.9. The van der Waals surface area contributed by atoms with E-state index < -0.39 is 0 Å². The average molecular weight is 293 g/mol. The normalized spacial score (nSPS) is 38.4. The van der Waals surface area contributed by atoms with Gasteiger partial charge in [0.15, 0.2) is 0 Å². The molecular weight excluding hydrogens is 272 g/mol. The molecule has 0 amide bonds. The predicted molar refractivity (Wildman–Crippen MR) is 77.6 cm³/mol. The second kappa shape index (κ2) is 4.67. The van der Waals surface area contributed by atoms with E-state index in [-0.39, 0.29) is 5.41 Å². The summed E-state index contributed by atoms with van der Waals surface area (Å²) in [4.78, 5) is 9.40. The predicted octanol–water partition coefficient (Wildman–Crippen LogP) is 3.74. The van der Waals surface area contributed by atoms with Gasteiger partial charge in [-0.25, -0.2) is 9.97 Å². The molecule has 0 spiro atoms. The maximum Gasteiger partial charge on any atom is 0.136 e. The van der Waals surface area contributed by atoms with E-state index in [1.807, 2.05) is 6.07 Å². The third-order valence-electron chi connectivity index (χ3n) is 5.55. The van der Waals surface area contributed by atoms with E-state index in [0.717, 1.165) is 29.3 Å². The molecule has 0 atom stereocenters. The Balaban J connectivity index is 1.73. The van der Waals surface area contributed by atoms with E-state index in [4.69, 9.17) is 21.3 Å². The Labute approximate surface area is 125 Å². The highest BCUT2D eigenvalue weighted by Gasteiger charge is 2.53. The van der Waals surface area contributed by atoms with Gasteiger partial charge < -0.3 is 4.74 Å². The highest BCUT2D eigenvalue weighted by atomic mass is 35.5. The highest BCUT2D eigenvalue weighted by molar-refractivity contribution is 6.29. The Morgan fingerprint density at radius 1 is 1.15 bits per heavy atom. The molecule has 1 aromatic rings. The van der Waals surface area contributed by atoms with Crippen LogP contribution in [0.2, 0.25) is 5.15 Å². The molecule has 4 fully saturated rings. The molecule has 108 valence electrons. The van der Waals surface area contributed by atoms with Gasteiger partial charge in [-0.1, -0.05) is 11.6 Å². The molecule has 0 N–H and O–H groups in total. The zero-order chi connectivity index (χ0) is 13.7. The van der Waals surface area contributed by atoms with Crippen LogP contribution in [-0.2, 0) is 16.8 Å². The van der Waals surface area contributed by atoms with E-state index in [1.165, 1.54) is 38.5 Å². The van der Waals surface area contributed by atoms with Crippen LogP contribution in [0, 0.1) is 17.8 Å². The number of hydrogen-bond donors (Lipinski definition) is 0. The minimum Gasteiger partial charge on any atom is -0.378 e. The van der Waals surface area contributed by atoms with Gasteiger partial charge >= 0.3 is 0 Å². The first-order valence-electron chi connectivity index (χ1n) is 7.70. The highest BCUT2D eigenvalue weighted by Crippen LogP contribution is 2.60. The fourth-order valence-electron chi connectivity index (χ4n) is 5.31. The SMILES string of the molecule is COCc1cc(Cl)nc(C23CC4CC(CC(C4)C2)C3)n1. The molecule has 1 aromatic heterocycles. The molecule has 4 aliphatic carbocycles. The number of methoxy groups -OCH3 is 1. The summed E-state index contributed by atoms with van der Waals surface area (Å²) in [6.45, 7) is 0.515. The molecule has 4 bridgehead atoms. The van der Waals surface area contributed by atoms with Crippen molar-refractivity contribution in [1.29, 1.82) is 0 Å². The first kappa shape index (κ1) is 13.0. The summed E-state index contributed by atoms with van der Waals surface area (Å²) in [5, 5.41) is 0.567. The van der Waals surface area contributed by atoms with Gasteiger partial charge in [0.25, 0.3) is 0 Å². The Morgan fingerprint density at radius 3 is 2.30 bits per heavy atom. The lowest BCUT2D eigenvalue weighted by Crippen LogP contribution is -2.49. The van der Waals surface area contributed by atoms with Gasteiger partial charge in [0.2, 0.25) is 0 Å². The van der Waals surface area contributed by atoms with Crippen molar-refractivity contribution in [2.45, 2.75) is 50.5 Å². The molecule has 4 aliphatic rings. The van der Waals surface area contributed by atoms with Gasteiger partial charge in [-0.05, 0) is 62.3 Å². The molecule has 0 aromatic carbocycles. The van der Waals surface area contributed by atoms with Gasteiger partial charge in [0.1, 0.15) is 11.0 Å². The lowest BCUT2D eigenvalue weighted by Gasteiger charge is -2.56. The number of hydrogen-bond acceptors (Lipinski definition) is 3. The lowest BCUT2D eigenvalue weighted by atomic mass is 9.49. The summed E-state index contributed by atoms with van der Waals surface area (Å²) >= 11 is 6.22.